The van der Waals surface area contributed by atoms with Crippen LogP contribution >= 0.6 is 0 Å². The lowest BCUT2D eigenvalue weighted by Gasteiger charge is -2.04. The third kappa shape index (κ3) is 5.19. The summed E-state index contributed by atoms with van der Waals surface area (Å²) in [7, 11) is 0. The number of terminal acetylenes is 1. The summed E-state index contributed by atoms with van der Waals surface area (Å²) in [6, 6.07) is 6.09. The van der Waals surface area contributed by atoms with E-state index in [2.05, 4.69) is 16.2 Å². The zero-order chi connectivity index (χ0) is 10.9. The molecule has 0 aliphatic carbocycles. The van der Waals surface area contributed by atoms with Gasteiger partial charge in [0.1, 0.15) is 0 Å². The van der Waals surface area contributed by atoms with Crippen molar-refractivity contribution in [2.45, 2.75) is 32.7 Å². The van der Waals surface area contributed by atoms with E-state index in [1.165, 1.54) is 0 Å². The Morgan fingerprint density at radius 1 is 1.40 bits per heavy atom. The van der Waals surface area contributed by atoms with Gasteiger partial charge in [0.15, 0.2) is 0 Å². The topological polar surface area (TPSA) is 24.9 Å². The first-order valence-electron chi connectivity index (χ1n) is 5.39. The molecule has 0 bridgehead atoms. The van der Waals surface area contributed by atoms with E-state index in [0.717, 1.165) is 43.7 Å². The van der Waals surface area contributed by atoms with E-state index in [-0.39, 0.29) is 0 Å². The van der Waals surface area contributed by atoms with Crippen LogP contribution in [0.3, 0.4) is 0 Å². The van der Waals surface area contributed by atoms with Crippen LogP contribution in [0.1, 0.15) is 30.7 Å². The van der Waals surface area contributed by atoms with Crippen LogP contribution in [-0.4, -0.2) is 11.5 Å². The molecule has 1 heterocycles. The van der Waals surface area contributed by atoms with Crippen molar-refractivity contribution >= 4 is 0 Å². The first kappa shape index (κ1) is 11.7. The standard InChI is InChI=1S/C13H18N2/c1-3-4-5-6-10-14-11-13-9-7-8-12(2)15-13/h1,7-9,14H,4-6,10-11H2,2H3. The Balaban J connectivity index is 2.13. The molecule has 0 aliphatic rings. The van der Waals surface area contributed by atoms with Gasteiger partial charge in [-0.05, 0) is 38.4 Å². The normalized spacial score (nSPS) is 9.87. The highest BCUT2D eigenvalue weighted by molar-refractivity contribution is 5.09. The maximum Gasteiger partial charge on any atom is 0.0544 e. The molecule has 0 unspecified atom stereocenters. The molecule has 2 nitrogen and oxygen atoms in total. The number of unbranched alkanes of at least 4 members (excludes halogenated alkanes) is 2. The number of aromatic nitrogens is 1. The second kappa shape index (κ2) is 7.03. The minimum absolute atomic E-state index is 0.845. The van der Waals surface area contributed by atoms with Gasteiger partial charge in [-0.3, -0.25) is 4.98 Å². The average Bonchev–Trinajstić information content (AvgIpc) is 2.23. The predicted molar refractivity (Wildman–Crippen MR) is 63.4 cm³/mol. The quantitative estimate of drug-likeness (QED) is 0.565. The molecule has 1 aromatic heterocycles. The fraction of sp³-hybridized carbons (Fsp3) is 0.462. The van der Waals surface area contributed by atoms with Gasteiger partial charge in [0.2, 0.25) is 0 Å². The molecule has 0 saturated carbocycles. The molecule has 1 N–H and O–H groups in total. The first-order valence-corrected chi connectivity index (χ1v) is 5.39. The zero-order valence-electron chi connectivity index (χ0n) is 9.29. The molecular formula is C13H18N2. The lowest BCUT2D eigenvalue weighted by atomic mass is 10.2. The van der Waals surface area contributed by atoms with E-state index in [1.807, 2.05) is 25.1 Å². The van der Waals surface area contributed by atoms with E-state index in [1.54, 1.807) is 0 Å². The second-order valence-electron chi connectivity index (χ2n) is 3.61. The maximum absolute atomic E-state index is 5.17. The molecule has 80 valence electrons. The van der Waals surface area contributed by atoms with Crippen molar-refractivity contribution in [3.05, 3.63) is 29.6 Å². The summed E-state index contributed by atoms with van der Waals surface area (Å²) in [6.07, 6.45) is 8.29. The van der Waals surface area contributed by atoms with Crippen LogP contribution in [0.15, 0.2) is 18.2 Å². The van der Waals surface area contributed by atoms with Gasteiger partial charge in [-0.2, -0.15) is 0 Å². The number of hydrogen-bond acceptors (Lipinski definition) is 2. The molecular weight excluding hydrogens is 184 g/mol. The van der Waals surface area contributed by atoms with E-state index in [0.29, 0.717) is 0 Å². The van der Waals surface area contributed by atoms with Crippen LogP contribution in [0, 0.1) is 19.3 Å². The molecule has 2 heteroatoms. The summed E-state index contributed by atoms with van der Waals surface area (Å²) in [6.45, 7) is 3.87. The Hall–Kier alpha value is -1.33. The number of pyridine rings is 1. The summed E-state index contributed by atoms with van der Waals surface area (Å²) >= 11 is 0. The number of rotatable bonds is 6. The molecule has 0 saturated heterocycles. The zero-order valence-corrected chi connectivity index (χ0v) is 9.29. The Morgan fingerprint density at radius 2 is 2.27 bits per heavy atom. The molecule has 0 atom stereocenters. The minimum Gasteiger partial charge on any atom is -0.311 e. The number of hydrogen-bond donors (Lipinski definition) is 1. The molecule has 1 rings (SSSR count). The smallest absolute Gasteiger partial charge is 0.0544 e. The highest BCUT2D eigenvalue weighted by Gasteiger charge is 1.93. The second-order valence-corrected chi connectivity index (χ2v) is 3.61. The Labute approximate surface area is 92.1 Å². The lowest BCUT2D eigenvalue weighted by Crippen LogP contribution is -2.15. The van der Waals surface area contributed by atoms with Crippen LogP contribution in [0.25, 0.3) is 0 Å². The van der Waals surface area contributed by atoms with E-state index in [9.17, 15) is 0 Å². The van der Waals surface area contributed by atoms with Gasteiger partial charge in [-0.1, -0.05) is 6.07 Å². The summed E-state index contributed by atoms with van der Waals surface area (Å²) in [5, 5.41) is 3.36. The monoisotopic (exact) mass is 202 g/mol. The van der Waals surface area contributed by atoms with Crippen molar-refractivity contribution in [3.63, 3.8) is 0 Å². The SMILES string of the molecule is C#CCCCCNCc1cccc(C)n1. The van der Waals surface area contributed by atoms with E-state index >= 15 is 0 Å². The highest BCUT2D eigenvalue weighted by Crippen LogP contribution is 1.98. The first-order chi connectivity index (χ1) is 7.33. The van der Waals surface area contributed by atoms with Crippen LogP contribution in [-0.2, 0) is 6.54 Å². The number of aryl methyl sites for hydroxylation is 1. The molecule has 0 radical (unpaired) electrons. The van der Waals surface area contributed by atoms with Crippen LogP contribution in [0.4, 0.5) is 0 Å². The molecule has 0 aliphatic heterocycles. The Morgan fingerprint density at radius 3 is 3.00 bits per heavy atom. The Kier molecular flexibility index (Phi) is 5.50. The van der Waals surface area contributed by atoms with Gasteiger partial charge in [0.25, 0.3) is 0 Å². The van der Waals surface area contributed by atoms with Gasteiger partial charge < -0.3 is 5.32 Å². The summed E-state index contributed by atoms with van der Waals surface area (Å²) < 4.78 is 0. The van der Waals surface area contributed by atoms with E-state index < -0.39 is 0 Å². The molecule has 0 fully saturated rings. The largest absolute Gasteiger partial charge is 0.311 e. The lowest BCUT2D eigenvalue weighted by molar-refractivity contribution is 0.622. The van der Waals surface area contributed by atoms with Crippen molar-refractivity contribution in [3.8, 4) is 12.3 Å². The number of nitrogens with zero attached hydrogens (tertiary/aromatic N) is 1. The molecule has 1 aromatic rings. The third-order valence-corrected chi connectivity index (χ3v) is 2.18. The van der Waals surface area contributed by atoms with Crippen molar-refractivity contribution in [1.29, 1.82) is 0 Å². The fourth-order valence-corrected chi connectivity index (χ4v) is 1.39. The van der Waals surface area contributed by atoms with Crippen LogP contribution < -0.4 is 5.32 Å². The van der Waals surface area contributed by atoms with Crippen LogP contribution in [0.5, 0.6) is 0 Å². The van der Waals surface area contributed by atoms with Gasteiger partial charge in [0, 0.05) is 18.7 Å². The molecule has 15 heavy (non-hydrogen) atoms. The summed E-state index contributed by atoms with van der Waals surface area (Å²) in [4.78, 5) is 4.41. The van der Waals surface area contributed by atoms with Crippen molar-refractivity contribution in [2.24, 2.45) is 0 Å². The number of nitrogens with one attached hydrogen (secondary N) is 1. The predicted octanol–water partition coefficient (Wildman–Crippen LogP) is 2.28. The third-order valence-electron chi connectivity index (χ3n) is 2.18. The summed E-state index contributed by atoms with van der Waals surface area (Å²) in [5.41, 5.74) is 2.17. The van der Waals surface area contributed by atoms with Gasteiger partial charge >= 0.3 is 0 Å². The van der Waals surface area contributed by atoms with Crippen molar-refractivity contribution < 1.29 is 0 Å². The summed E-state index contributed by atoms with van der Waals surface area (Å²) in [5.74, 6) is 2.64. The molecule has 0 spiro atoms. The minimum atomic E-state index is 0.845. The maximum atomic E-state index is 5.17. The van der Waals surface area contributed by atoms with Crippen molar-refractivity contribution in [2.75, 3.05) is 6.54 Å². The van der Waals surface area contributed by atoms with Crippen molar-refractivity contribution in [1.82, 2.24) is 10.3 Å². The Bertz CT molecular complexity index is 326. The fourth-order valence-electron chi connectivity index (χ4n) is 1.39. The van der Waals surface area contributed by atoms with Gasteiger partial charge in [0.05, 0.1) is 5.69 Å². The van der Waals surface area contributed by atoms with Gasteiger partial charge in [-0.25, -0.2) is 0 Å². The molecule has 0 aromatic carbocycles. The molecule has 0 amide bonds. The van der Waals surface area contributed by atoms with E-state index in [4.69, 9.17) is 6.42 Å². The van der Waals surface area contributed by atoms with Crippen LogP contribution in [0.2, 0.25) is 0 Å². The average molecular weight is 202 g/mol. The highest BCUT2D eigenvalue weighted by atomic mass is 14.9. The van der Waals surface area contributed by atoms with Gasteiger partial charge in [-0.15, -0.1) is 12.3 Å².